The summed E-state index contributed by atoms with van der Waals surface area (Å²) in [5.74, 6) is 2.20. The summed E-state index contributed by atoms with van der Waals surface area (Å²) in [5.41, 5.74) is 0.617. The highest BCUT2D eigenvalue weighted by Crippen LogP contribution is 2.32. The van der Waals surface area contributed by atoms with Crippen LogP contribution in [-0.2, 0) is 11.3 Å². The minimum Gasteiger partial charge on any atom is -0.493 e. The quantitative estimate of drug-likeness (QED) is 0.556. The summed E-state index contributed by atoms with van der Waals surface area (Å²) in [6.45, 7) is 0.0289. The van der Waals surface area contributed by atoms with E-state index in [2.05, 4.69) is 5.32 Å². The first-order valence-corrected chi connectivity index (χ1v) is 10.9. The van der Waals surface area contributed by atoms with Crippen molar-refractivity contribution in [1.29, 1.82) is 0 Å². The molecule has 164 valence electrons. The maximum Gasteiger partial charge on any atom is 0.246 e. The van der Waals surface area contributed by atoms with Gasteiger partial charge >= 0.3 is 0 Å². The Hall–Kier alpha value is -3.07. The third-order valence-corrected chi connectivity index (χ3v) is 5.98. The van der Waals surface area contributed by atoms with Gasteiger partial charge in [-0.3, -0.25) is 9.47 Å². The molecule has 2 aromatic heterocycles. The lowest BCUT2D eigenvalue weighted by Gasteiger charge is -2.21. The zero-order valence-corrected chi connectivity index (χ0v) is 18.6. The van der Waals surface area contributed by atoms with Crippen LogP contribution in [0.2, 0.25) is 0 Å². The highest BCUT2D eigenvalue weighted by molar-refractivity contribution is 7.71. The van der Waals surface area contributed by atoms with Crippen molar-refractivity contribution in [2.24, 2.45) is 0 Å². The summed E-state index contributed by atoms with van der Waals surface area (Å²) in [7, 11) is 3.13. The van der Waals surface area contributed by atoms with Crippen molar-refractivity contribution in [3.8, 4) is 11.5 Å². The highest BCUT2D eigenvalue weighted by Gasteiger charge is 2.24. The molecule has 1 N–H and O–H groups in total. The monoisotopic (exact) mass is 441 g/mol. The van der Waals surface area contributed by atoms with Gasteiger partial charge < -0.3 is 14.8 Å². The molecule has 1 fully saturated rings. The molecule has 0 unspecified atom stereocenters. The van der Waals surface area contributed by atoms with Crippen molar-refractivity contribution in [2.75, 3.05) is 19.5 Å². The van der Waals surface area contributed by atoms with Gasteiger partial charge in [-0.2, -0.15) is 5.10 Å². The summed E-state index contributed by atoms with van der Waals surface area (Å²) in [6, 6.07) is 9.15. The van der Waals surface area contributed by atoms with E-state index in [1.54, 1.807) is 37.1 Å². The fourth-order valence-corrected chi connectivity index (χ4v) is 4.35. The van der Waals surface area contributed by atoms with E-state index in [4.69, 9.17) is 26.8 Å². The summed E-state index contributed by atoms with van der Waals surface area (Å²) in [5, 5.41) is 7.67. The van der Waals surface area contributed by atoms with Gasteiger partial charge in [-0.05, 0) is 49.3 Å². The van der Waals surface area contributed by atoms with Gasteiger partial charge in [0, 0.05) is 30.1 Å². The number of aromatic nitrogens is 4. The van der Waals surface area contributed by atoms with Gasteiger partial charge in [-0.1, -0.05) is 19.3 Å². The number of carbonyl (C=O) groups is 1. The molecule has 3 aromatic rings. The van der Waals surface area contributed by atoms with E-state index in [1.807, 2.05) is 33.9 Å². The maximum atomic E-state index is 12.8. The van der Waals surface area contributed by atoms with Gasteiger partial charge in [0.25, 0.3) is 0 Å². The molecule has 0 spiro atoms. The first-order valence-electron chi connectivity index (χ1n) is 10.5. The summed E-state index contributed by atoms with van der Waals surface area (Å²) < 4.78 is 16.5. The van der Waals surface area contributed by atoms with Gasteiger partial charge in [-0.15, -0.1) is 0 Å². The Labute approximate surface area is 186 Å². The molecule has 9 heteroatoms. The van der Waals surface area contributed by atoms with Crippen LogP contribution in [0.5, 0.6) is 11.5 Å². The van der Waals surface area contributed by atoms with Crippen molar-refractivity contribution in [3.05, 3.63) is 53.3 Å². The molecule has 4 rings (SSSR count). The minimum atomic E-state index is -0.212. The van der Waals surface area contributed by atoms with Gasteiger partial charge in [0.05, 0.1) is 14.2 Å². The second-order valence-corrected chi connectivity index (χ2v) is 7.99. The maximum absolute atomic E-state index is 12.8. The molecule has 31 heavy (non-hydrogen) atoms. The van der Waals surface area contributed by atoms with Crippen LogP contribution in [0.1, 0.15) is 43.8 Å². The predicted octanol–water partition coefficient (Wildman–Crippen LogP) is 4.23. The molecule has 1 aliphatic rings. The zero-order valence-electron chi connectivity index (χ0n) is 17.8. The highest BCUT2D eigenvalue weighted by atomic mass is 32.1. The lowest BCUT2D eigenvalue weighted by Crippen LogP contribution is -2.20. The van der Waals surface area contributed by atoms with E-state index in [0.29, 0.717) is 27.9 Å². The predicted molar refractivity (Wildman–Crippen MR) is 120 cm³/mol. The van der Waals surface area contributed by atoms with E-state index in [0.717, 1.165) is 18.7 Å². The molecule has 1 aliphatic carbocycles. The lowest BCUT2D eigenvalue weighted by atomic mass is 9.89. The molecule has 0 atom stereocenters. The largest absolute Gasteiger partial charge is 0.493 e. The lowest BCUT2D eigenvalue weighted by molar-refractivity contribution is -0.116. The third kappa shape index (κ3) is 4.51. The Bertz CT molecular complexity index is 1100. The first kappa shape index (κ1) is 21.2. The Morgan fingerprint density at radius 2 is 1.84 bits per heavy atom. The first-order chi connectivity index (χ1) is 15.1. The van der Waals surface area contributed by atoms with Crippen LogP contribution < -0.4 is 14.8 Å². The summed E-state index contributed by atoms with van der Waals surface area (Å²) >= 11 is 5.71. The van der Waals surface area contributed by atoms with Crippen LogP contribution in [0.15, 0.2) is 42.7 Å². The number of ether oxygens (including phenoxy) is 2. The fourth-order valence-electron chi connectivity index (χ4n) is 4.06. The Kier molecular flexibility index (Phi) is 6.41. The molecular weight excluding hydrogens is 414 g/mol. The molecule has 1 aromatic carbocycles. The van der Waals surface area contributed by atoms with Crippen molar-refractivity contribution < 1.29 is 14.3 Å². The van der Waals surface area contributed by atoms with Crippen LogP contribution in [0, 0.1) is 4.77 Å². The molecule has 0 aliphatic heterocycles. The number of anilines is 1. The number of benzene rings is 1. The SMILES string of the molecule is COc1ccc(NC(=O)Cn2nc(C3CCCCC3)n(-n3cccc3)c2=S)cc1OC. The Morgan fingerprint density at radius 3 is 2.52 bits per heavy atom. The van der Waals surface area contributed by atoms with Gasteiger partial charge in [0.1, 0.15) is 6.54 Å². The number of nitrogens with one attached hydrogen (secondary N) is 1. The van der Waals surface area contributed by atoms with Crippen LogP contribution in [0.25, 0.3) is 0 Å². The van der Waals surface area contributed by atoms with E-state index in [9.17, 15) is 4.79 Å². The van der Waals surface area contributed by atoms with Gasteiger partial charge in [0.2, 0.25) is 10.7 Å². The molecule has 0 radical (unpaired) electrons. The topological polar surface area (TPSA) is 75.2 Å². The van der Waals surface area contributed by atoms with Crippen LogP contribution >= 0.6 is 12.2 Å². The van der Waals surface area contributed by atoms with Crippen molar-refractivity contribution >= 4 is 23.8 Å². The number of methoxy groups -OCH3 is 2. The van der Waals surface area contributed by atoms with Crippen molar-refractivity contribution in [1.82, 2.24) is 19.1 Å². The summed E-state index contributed by atoms with van der Waals surface area (Å²) in [6.07, 6.45) is 9.70. The second-order valence-electron chi connectivity index (χ2n) is 7.63. The normalized spacial score (nSPS) is 14.4. The number of rotatable bonds is 7. The Morgan fingerprint density at radius 1 is 1.13 bits per heavy atom. The molecular formula is C22H27N5O3S. The van der Waals surface area contributed by atoms with Crippen molar-refractivity contribution in [2.45, 2.75) is 44.6 Å². The summed E-state index contributed by atoms with van der Waals surface area (Å²) in [4.78, 5) is 12.8. The smallest absolute Gasteiger partial charge is 0.246 e. The number of carbonyl (C=O) groups excluding carboxylic acids is 1. The van der Waals surface area contributed by atoms with Crippen LogP contribution in [-0.4, -0.2) is 39.3 Å². The fraction of sp³-hybridized carbons (Fsp3) is 0.409. The van der Waals surface area contributed by atoms with E-state index >= 15 is 0 Å². The van der Waals surface area contributed by atoms with Gasteiger partial charge in [-0.25, -0.2) is 9.36 Å². The van der Waals surface area contributed by atoms with Crippen LogP contribution in [0.4, 0.5) is 5.69 Å². The number of hydrogen-bond donors (Lipinski definition) is 1. The average molecular weight is 442 g/mol. The molecule has 0 bridgehead atoms. The number of hydrogen-bond acceptors (Lipinski definition) is 5. The molecule has 8 nitrogen and oxygen atoms in total. The van der Waals surface area contributed by atoms with E-state index in [-0.39, 0.29) is 12.5 Å². The zero-order chi connectivity index (χ0) is 21.8. The van der Waals surface area contributed by atoms with Crippen molar-refractivity contribution in [3.63, 3.8) is 0 Å². The molecule has 1 saturated carbocycles. The molecule has 1 amide bonds. The van der Waals surface area contributed by atoms with E-state index < -0.39 is 0 Å². The minimum absolute atomic E-state index is 0.0289. The Balaban J connectivity index is 1.58. The van der Waals surface area contributed by atoms with Crippen LogP contribution in [0.3, 0.4) is 0 Å². The third-order valence-electron chi connectivity index (χ3n) is 5.59. The molecule has 2 heterocycles. The number of nitrogens with zero attached hydrogens (tertiary/aromatic N) is 4. The van der Waals surface area contributed by atoms with E-state index in [1.165, 1.54) is 19.3 Å². The number of amides is 1. The standard InChI is InChI=1S/C22H27N5O3S/c1-29-18-11-10-17(14-19(18)30-2)23-20(28)15-26-22(31)27(25-12-6-7-13-25)21(24-26)16-8-4-3-5-9-16/h6-7,10-14,16H,3-5,8-9,15H2,1-2H3,(H,23,28). The van der Waals surface area contributed by atoms with Gasteiger partial charge in [0.15, 0.2) is 17.3 Å². The average Bonchev–Trinajstić information content (AvgIpc) is 3.42. The second kappa shape index (κ2) is 9.38. The molecule has 0 saturated heterocycles.